The molecule has 1 aliphatic heterocycles. The van der Waals surface area contributed by atoms with Crippen LogP contribution in [-0.2, 0) is 22.9 Å². The molecule has 35 heavy (non-hydrogen) atoms. The predicted molar refractivity (Wildman–Crippen MR) is 128 cm³/mol. The van der Waals surface area contributed by atoms with Crippen LogP contribution in [0.25, 0.3) is 0 Å². The molecule has 1 aromatic heterocycles. The van der Waals surface area contributed by atoms with Gasteiger partial charge in [-0.05, 0) is 49.7 Å². The van der Waals surface area contributed by atoms with Crippen molar-refractivity contribution >= 4 is 21.6 Å². The molecule has 3 rings (SSSR count). The van der Waals surface area contributed by atoms with Crippen LogP contribution in [0, 0.1) is 0 Å². The Balaban J connectivity index is 0.00000210. The van der Waals surface area contributed by atoms with E-state index >= 15 is 0 Å². The number of halogens is 3. The maximum Gasteiger partial charge on any atom is 0.401 e. The molecule has 1 aliphatic rings. The van der Waals surface area contributed by atoms with Gasteiger partial charge in [0.2, 0.25) is 0 Å². The maximum atomic E-state index is 12.9. The minimum absolute atomic E-state index is 0.0827. The van der Waals surface area contributed by atoms with Gasteiger partial charge in [-0.15, -0.1) is 0 Å². The van der Waals surface area contributed by atoms with Crippen molar-refractivity contribution in [2.24, 2.45) is 5.73 Å². The minimum Gasteiger partial charge on any atom is -0.383 e. The summed E-state index contributed by atoms with van der Waals surface area (Å²) in [7, 11) is -3.66. The van der Waals surface area contributed by atoms with Crippen molar-refractivity contribution in [1.29, 1.82) is 0 Å². The Hall–Kier alpha value is -2.70. The number of likely N-dealkylation sites (tertiary alicyclic amines) is 1. The molecule has 0 saturated carbocycles. The number of carbonyl (C=O) groups is 1. The first-order valence-corrected chi connectivity index (χ1v) is 12.9. The van der Waals surface area contributed by atoms with Gasteiger partial charge >= 0.3 is 6.18 Å². The van der Waals surface area contributed by atoms with Crippen molar-refractivity contribution in [3.63, 3.8) is 0 Å². The number of nitrogen functional groups attached to an aromatic ring is 1. The number of hydrogen-bond donors (Lipinski definition) is 3. The Labute approximate surface area is 203 Å². The lowest BCUT2D eigenvalue weighted by atomic mass is 10.1. The number of hydrogen-bond acceptors (Lipinski definition) is 7. The molecule has 1 fully saturated rings. The standard InChI is InChI=1S/C21H26F3N5O3S.C2H6/c22-21(23,24)13-29-7-5-18(6-8-29)33(31,32)17-3-1-14(2-4-17)11-28-20(30)16-9-15(10-25)19(26)27-12-16;1-2/h1-4,9,12,18H,5-8,10-11,13,25H2,(H2,26,27)(H,28,30);1-2H3. The molecule has 2 aromatic rings. The summed E-state index contributed by atoms with van der Waals surface area (Å²) >= 11 is 0. The van der Waals surface area contributed by atoms with Crippen LogP contribution in [0.4, 0.5) is 19.0 Å². The molecular weight excluding hydrogens is 483 g/mol. The zero-order chi connectivity index (χ0) is 26.2. The van der Waals surface area contributed by atoms with E-state index in [2.05, 4.69) is 10.3 Å². The number of carbonyl (C=O) groups excluding carboxylic acids is 1. The lowest BCUT2D eigenvalue weighted by Gasteiger charge is -2.32. The van der Waals surface area contributed by atoms with Gasteiger partial charge in [0.05, 0.1) is 22.3 Å². The first-order valence-electron chi connectivity index (χ1n) is 11.3. The molecule has 1 aromatic carbocycles. The van der Waals surface area contributed by atoms with Crippen molar-refractivity contribution in [1.82, 2.24) is 15.2 Å². The quantitative estimate of drug-likeness (QED) is 0.517. The van der Waals surface area contributed by atoms with E-state index in [9.17, 15) is 26.4 Å². The summed E-state index contributed by atoms with van der Waals surface area (Å²) in [6, 6.07) is 7.66. The summed E-state index contributed by atoms with van der Waals surface area (Å²) in [6.45, 7) is 3.45. The van der Waals surface area contributed by atoms with E-state index < -0.39 is 27.8 Å². The van der Waals surface area contributed by atoms with Crippen molar-refractivity contribution in [2.75, 3.05) is 25.4 Å². The number of nitrogens with zero attached hydrogens (tertiary/aromatic N) is 2. The summed E-state index contributed by atoms with van der Waals surface area (Å²) in [4.78, 5) is 17.6. The molecule has 5 N–H and O–H groups in total. The molecule has 0 bridgehead atoms. The monoisotopic (exact) mass is 515 g/mol. The number of piperidine rings is 1. The summed E-state index contributed by atoms with van der Waals surface area (Å²) < 4.78 is 63.4. The van der Waals surface area contributed by atoms with Crippen LogP contribution in [0.1, 0.15) is 48.2 Å². The number of benzene rings is 1. The highest BCUT2D eigenvalue weighted by atomic mass is 32.2. The molecule has 0 radical (unpaired) electrons. The number of alkyl halides is 3. The van der Waals surface area contributed by atoms with Crippen LogP contribution in [-0.4, -0.2) is 55.3 Å². The summed E-state index contributed by atoms with van der Waals surface area (Å²) in [5.74, 6) is -0.114. The number of pyridine rings is 1. The third kappa shape index (κ3) is 7.91. The summed E-state index contributed by atoms with van der Waals surface area (Å²) in [5, 5.41) is 2.00. The first kappa shape index (κ1) is 28.5. The smallest absolute Gasteiger partial charge is 0.383 e. The fourth-order valence-electron chi connectivity index (χ4n) is 3.71. The molecule has 194 valence electrons. The number of sulfone groups is 1. The molecular formula is C23H32F3N5O3S. The SMILES string of the molecule is CC.NCc1cc(C(=O)NCc2ccc(S(=O)(=O)C3CCN(CC(F)(F)F)CC3)cc2)cnc1N. The van der Waals surface area contributed by atoms with Gasteiger partial charge in [-0.1, -0.05) is 26.0 Å². The summed E-state index contributed by atoms with van der Waals surface area (Å²) in [6.07, 6.45) is -2.65. The topological polar surface area (TPSA) is 131 Å². The van der Waals surface area contributed by atoms with E-state index in [1.54, 1.807) is 18.2 Å². The van der Waals surface area contributed by atoms with Gasteiger partial charge in [0, 0.05) is 24.8 Å². The van der Waals surface area contributed by atoms with Crippen molar-refractivity contribution in [3.05, 3.63) is 53.2 Å². The largest absolute Gasteiger partial charge is 0.401 e. The highest BCUT2D eigenvalue weighted by Crippen LogP contribution is 2.27. The average molecular weight is 516 g/mol. The van der Waals surface area contributed by atoms with Crippen LogP contribution in [0.3, 0.4) is 0 Å². The van der Waals surface area contributed by atoms with Crippen molar-refractivity contribution < 1.29 is 26.4 Å². The van der Waals surface area contributed by atoms with Crippen molar-refractivity contribution in [2.45, 2.75) is 56.1 Å². The molecule has 0 unspecified atom stereocenters. The van der Waals surface area contributed by atoms with Crippen LogP contribution >= 0.6 is 0 Å². The van der Waals surface area contributed by atoms with Gasteiger partial charge < -0.3 is 16.8 Å². The highest BCUT2D eigenvalue weighted by molar-refractivity contribution is 7.92. The van der Waals surface area contributed by atoms with Gasteiger partial charge in [-0.3, -0.25) is 9.69 Å². The number of anilines is 1. The molecule has 0 atom stereocenters. The Morgan fingerprint density at radius 1 is 1.17 bits per heavy atom. The van der Waals surface area contributed by atoms with Crippen LogP contribution in [0.15, 0.2) is 41.4 Å². The Morgan fingerprint density at radius 2 is 1.77 bits per heavy atom. The van der Waals surface area contributed by atoms with Gasteiger partial charge in [-0.2, -0.15) is 13.2 Å². The third-order valence-electron chi connectivity index (χ3n) is 5.56. The van der Waals surface area contributed by atoms with Gasteiger partial charge in [0.1, 0.15) is 5.82 Å². The van der Waals surface area contributed by atoms with E-state index in [-0.39, 0.29) is 55.6 Å². The van der Waals surface area contributed by atoms with Gasteiger partial charge in [0.25, 0.3) is 5.91 Å². The number of rotatable bonds is 7. The second-order valence-electron chi connectivity index (χ2n) is 7.93. The second-order valence-corrected chi connectivity index (χ2v) is 10.2. The number of nitrogens with one attached hydrogen (secondary N) is 1. The molecule has 2 heterocycles. The lowest BCUT2D eigenvalue weighted by Crippen LogP contribution is -2.43. The van der Waals surface area contributed by atoms with Crippen LogP contribution < -0.4 is 16.8 Å². The number of aromatic nitrogens is 1. The van der Waals surface area contributed by atoms with E-state index in [0.717, 1.165) is 0 Å². The third-order valence-corrected chi connectivity index (χ3v) is 7.84. The minimum atomic E-state index is -4.30. The fourth-order valence-corrected chi connectivity index (χ4v) is 5.45. The fraction of sp³-hybridized carbons (Fsp3) is 0.478. The molecule has 1 saturated heterocycles. The molecule has 12 heteroatoms. The van der Waals surface area contributed by atoms with Crippen LogP contribution in [0.2, 0.25) is 0 Å². The molecule has 1 amide bonds. The highest BCUT2D eigenvalue weighted by Gasteiger charge is 2.36. The summed E-state index contributed by atoms with van der Waals surface area (Å²) in [5.41, 5.74) is 12.8. The van der Waals surface area contributed by atoms with Crippen LogP contribution in [0.5, 0.6) is 0 Å². The zero-order valence-electron chi connectivity index (χ0n) is 19.8. The predicted octanol–water partition coefficient (Wildman–Crippen LogP) is 2.88. The van der Waals surface area contributed by atoms with Gasteiger partial charge in [0.15, 0.2) is 9.84 Å². The molecule has 0 spiro atoms. The maximum absolute atomic E-state index is 12.9. The Morgan fingerprint density at radius 3 is 2.31 bits per heavy atom. The average Bonchev–Trinajstić information content (AvgIpc) is 2.83. The first-order chi connectivity index (χ1) is 16.5. The van der Waals surface area contributed by atoms with E-state index in [0.29, 0.717) is 16.7 Å². The lowest BCUT2D eigenvalue weighted by molar-refractivity contribution is -0.147. The van der Waals surface area contributed by atoms with E-state index in [4.69, 9.17) is 11.5 Å². The normalized spacial score (nSPS) is 15.3. The van der Waals surface area contributed by atoms with Crippen molar-refractivity contribution in [3.8, 4) is 0 Å². The van der Waals surface area contributed by atoms with E-state index in [1.165, 1.54) is 23.2 Å². The van der Waals surface area contributed by atoms with E-state index in [1.807, 2.05) is 13.8 Å². The Kier molecular flexibility index (Phi) is 10.0. The van der Waals surface area contributed by atoms with Gasteiger partial charge in [-0.25, -0.2) is 13.4 Å². The molecule has 8 nitrogen and oxygen atoms in total. The number of amides is 1. The zero-order valence-corrected chi connectivity index (χ0v) is 20.6. The number of nitrogens with two attached hydrogens (primary N) is 2. The molecule has 0 aliphatic carbocycles. The Bertz CT molecular complexity index is 1080. The second kappa shape index (κ2) is 12.3.